The molecule has 0 aliphatic carbocycles. The van der Waals surface area contributed by atoms with Crippen LogP contribution >= 0.6 is 0 Å². The topological polar surface area (TPSA) is 119 Å². The van der Waals surface area contributed by atoms with E-state index in [1.54, 1.807) is 43.5 Å². The number of Topliss-reactive ketones (excluding diaryl/α,β-unsaturated/α-hetero) is 1. The first-order chi connectivity index (χ1) is 18.2. The Morgan fingerprint density at radius 2 is 1.74 bits per heavy atom. The van der Waals surface area contributed by atoms with E-state index in [2.05, 4.69) is 10.3 Å². The Morgan fingerprint density at radius 3 is 2.42 bits per heavy atom. The maximum absolute atomic E-state index is 13.0. The maximum atomic E-state index is 13.0. The van der Waals surface area contributed by atoms with Crippen molar-refractivity contribution >= 4 is 34.5 Å². The number of carbonyl (C=O) groups is 4. The van der Waals surface area contributed by atoms with Crippen LogP contribution in [-0.4, -0.2) is 52.9 Å². The molecule has 196 valence electrons. The monoisotopic (exact) mass is 515 g/mol. The number of ether oxygens (including phenoxy) is 2. The van der Waals surface area contributed by atoms with Crippen LogP contribution in [0.25, 0.3) is 16.6 Å². The smallest absolute Gasteiger partial charge is 0.337 e. The highest BCUT2D eigenvalue weighted by Gasteiger charge is 2.25. The summed E-state index contributed by atoms with van der Waals surface area (Å²) < 4.78 is 12.0. The van der Waals surface area contributed by atoms with Crippen LogP contribution in [0.2, 0.25) is 0 Å². The van der Waals surface area contributed by atoms with E-state index in [4.69, 9.17) is 9.47 Å². The molecule has 1 unspecified atom stereocenters. The molecule has 0 saturated carbocycles. The maximum Gasteiger partial charge on any atom is 0.337 e. The Kier molecular flexibility index (Phi) is 7.76. The Bertz CT molecular complexity index is 1510. The highest BCUT2D eigenvalue weighted by atomic mass is 16.5. The van der Waals surface area contributed by atoms with Crippen molar-refractivity contribution in [2.75, 3.05) is 13.7 Å². The van der Waals surface area contributed by atoms with Crippen LogP contribution in [0.3, 0.4) is 0 Å². The molecule has 1 amide bonds. The Balaban J connectivity index is 1.47. The van der Waals surface area contributed by atoms with Crippen LogP contribution in [0.5, 0.6) is 0 Å². The van der Waals surface area contributed by atoms with Gasteiger partial charge in [0.2, 0.25) is 11.7 Å². The lowest BCUT2D eigenvalue weighted by molar-refractivity contribution is -0.146. The lowest BCUT2D eigenvalue weighted by Gasteiger charge is -2.16. The van der Waals surface area contributed by atoms with Crippen molar-refractivity contribution in [1.82, 2.24) is 14.9 Å². The number of hydrogen-bond acceptors (Lipinski definition) is 6. The minimum atomic E-state index is -0.944. The summed E-state index contributed by atoms with van der Waals surface area (Å²) in [5, 5.41) is 3.58. The predicted octanol–water partition coefficient (Wildman–Crippen LogP) is 3.84. The number of para-hydroxylation sites is 1. The number of fused-ring (bicyclic) bond motifs is 1. The minimum Gasteiger partial charge on any atom is -0.465 e. The fraction of sp³-hybridized carbons (Fsp3) is 0.241. The van der Waals surface area contributed by atoms with Crippen LogP contribution < -0.4 is 5.32 Å². The van der Waals surface area contributed by atoms with Crippen molar-refractivity contribution in [3.63, 3.8) is 0 Å². The first-order valence-corrected chi connectivity index (χ1v) is 12.1. The van der Waals surface area contributed by atoms with Gasteiger partial charge in [0.1, 0.15) is 6.04 Å². The molecular weight excluding hydrogens is 486 g/mol. The minimum absolute atomic E-state index is 0.215. The van der Waals surface area contributed by atoms with Crippen LogP contribution in [0.1, 0.15) is 44.6 Å². The number of amides is 1. The molecule has 38 heavy (non-hydrogen) atoms. The standard InChI is InChI=1S/C29H29N3O6/c1-17-13-24(18(2)32(17)22-11-9-20(10-12-22)28(35)37-4)27(34)16-38-29(36)26(31-19(3)33)14-21-15-30-25-8-6-5-7-23(21)25/h5-13,15,26,30H,14,16H2,1-4H3,(H,31,33). The third-order valence-electron chi connectivity index (χ3n) is 6.38. The third-order valence-corrected chi connectivity index (χ3v) is 6.38. The molecule has 2 heterocycles. The van der Waals surface area contributed by atoms with Gasteiger partial charge in [0.15, 0.2) is 6.61 Å². The van der Waals surface area contributed by atoms with Gasteiger partial charge in [0, 0.05) is 53.1 Å². The van der Waals surface area contributed by atoms with Crippen LogP contribution in [0, 0.1) is 13.8 Å². The number of rotatable bonds is 9. The van der Waals surface area contributed by atoms with E-state index in [-0.39, 0.29) is 18.1 Å². The SMILES string of the molecule is COC(=O)c1ccc(-n2c(C)cc(C(=O)COC(=O)C(Cc3c[nH]c4ccccc34)NC(C)=O)c2C)cc1. The predicted molar refractivity (Wildman–Crippen MR) is 141 cm³/mol. The molecule has 0 aliphatic rings. The van der Waals surface area contributed by atoms with Gasteiger partial charge in [0.25, 0.3) is 0 Å². The molecule has 0 fully saturated rings. The number of methoxy groups -OCH3 is 1. The second-order valence-electron chi connectivity index (χ2n) is 9.01. The van der Waals surface area contributed by atoms with Crippen molar-refractivity contribution < 1.29 is 28.7 Å². The molecule has 1 atom stereocenters. The van der Waals surface area contributed by atoms with Gasteiger partial charge >= 0.3 is 11.9 Å². The third kappa shape index (κ3) is 5.51. The lowest BCUT2D eigenvalue weighted by Crippen LogP contribution is -2.42. The van der Waals surface area contributed by atoms with Crippen molar-refractivity contribution in [2.24, 2.45) is 0 Å². The van der Waals surface area contributed by atoms with E-state index >= 15 is 0 Å². The van der Waals surface area contributed by atoms with Gasteiger partial charge in [-0.05, 0) is 55.8 Å². The molecule has 0 saturated heterocycles. The number of nitrogens with one attached hydrogen (secondary N) is 2. The highest BCUT2D eigenvalue weighted by molar-refractivity contribution is 6.00. The number of benzene rings is 2. The van der Waals surface area contributed by atoms with E-state index < -0.39 is 24.6 Å². The van der Waals surface area contributed by atoms with Crippen LogP contribution in [-0.2, 0) is 25.5 Å². The molecule has 0 bridgehead atoms. The van der Waals surface area contributed by atoms with Gasteiger partial charge in [-0.1, -0.05) is 18.2 Å². The van der Waals surface area contributed by atoms with Crippen molar-refractivity contribution in [3.8, 4) is 5.69 Å². The molecule has 9 nitrogen and oxygen atoms in total. The second kappa shape index (κ2) is 11.2. The summed E-state index contributed by atoms with van der Waals surface area (Å²) in [6.45, 7) is 4.52. The summed E-state index contributed by atoms with van der Waals surface area (Å²) in [5.41, 5.74) is 4.86. The van der Waals surface area contributed by atoms with Crippen molar-refractivity contribution in [2.45, 2.75) is 33.2 Å². The second-order valence-corrected chi connectivity index (χ2v) is 9.01. The summed E-state index contributed by atoms with van der Waals surface area (Å²) in [6, 6.07) is 15.3. The van der Waals surface area contributed by atoms with E-state index in [1.165, 1.54) is 14.0 Å². The molecule has 0 radical (unpaired) electrons. The van der Waals surface area contributed by atoms with Crippen LogP contribution in [0.4, 0.5) is 0 Å². The normalized spacial score (nSPS) is 11.7. The van der Waals surface area contributed by atoms with E-state index in [1.807, 2.05) is 35.8 Å². The zero-order valence-electron chi connectivity index (χ0n) is 21.7. The Morgan fingerprint density at radius 1 is 1.03 bits per heavy atom. The number of H-pyrrole nitrogens is 1. The molecule has 2 aromatic heterocycles. The number of hydrogen-bond donors (Lipinski definition) is 2. The zero-order chi connectivity index (χ0) is 27.4. The Labute approximate surface area is 219 Å². The molecule has 4 aromatic rings. The van der Waals surface area contributed by atoms with Gasteiger partial charge in [-0.3, -0.25) is 9.59 Å². The number of aromatic amines is 1. The molecule has 2 N–H and O–H groups in total. The fourth-order valence-corrected chi connectivity index (χ4v) is 4.58. The van der Waals surface area contributed by atoms with Gasteiger partial charge in [-0.15, -0.1) is 0 Å². The van der Waals surface area contributed by atoms with E-state index in [0.29, 0.717) is 16.8 Å². The summed E-state index contributed by atoms with van der Waals surface area (Å²) in [5.74, 6) is -1.86. The molecule has 0 spiro atoms. The van der Waals surface area contributed by atoms with Gasteiger partial charge in [-0.25, -0.2) is 9.59 Å². The summed E-state index contributed by atoms with van der Waals surface area (Å²) in [4.78, 5) is 52.6. The molecule has 0 aliphatic heterocycles. The average Bonchev–Trinajstić information content (AvgIpc) is 3.45. The quantitative estimate of drug-likeness (QED) is 0.258. The van der Waals surface area contributed by atoms with Crippen LogP contribution in [0.15, 0.2) is 60.8 Å². The molecular formula is C29H29N3O6. The molecule has 9 heteroatoms. The number of aryl methyl sites for hydroxylation is 1. The highest BCUT2D eigenvalue weighted by Crippen LogP contribution is 2.23. The summed E-state index contributed by atoms with van der Waals surface area (Å²) in [6.07, 6.45) is 2.01. The van der Waals surface area contributed by atoms with Crippen molar-refractivity contribution in [3.05, 3.63) is 88.9 Å². The lowest BCUT2D eigenvalue weighted by atomic mass is 10.0. The molecule has 2 aromatic carbocycles. The first-order valence-electron chi connectivity index (χ1n) is 12.1. The summed E-state index contributed by atoms with van der Waals surface area (Å²) >= 11 is 0. The number of nitrogens with zero attached hydrogens (tertiary/aromatic N) is 1. The summed E-state index contributed by atoms with van der Waals surface area (Å²) in [7, 11) is 1.32. The first kappa shape index (κ1) is 26.4. The zero-order valence-corrected chi connectivity index (χ0v) is 21.7. The van der Waals surface area contributed by atoms with Gasteiger partial charge in [-0.2, -0.15) is 0 Å². The van der Waals surface area contributed by atoms with E-state index in [0.717, 1.165) is 27.8 Å². The van der Waals surface area contributed by atoms with Gasteiger partial charge in [0.05, 0.1) is 12.7 Å². The number of esters is 2. The average molecular weight is 516 g/mol. The number of aromatic nitrogens is 2. The largest absolute Gasteiger partial charge is 0.465 e. The molecule has 4 rings (SSSR count). The van der Waals surface area contributed by atoms with Crippen molar-refractivity contribution in [1.29, 1.82) is 0 Å². The van der Waals surface area contributed by atoms with Gasteiger partial charge < -0.3 is 24.3 Å². The number of carbonyl (C=O) groups excluding carboxylic acids is 4. The fourth-order valence-electron chi connectivity index (χ4n) is 4.58. The Hall–Kier alpha value is -4.66. The number of ketones is 1. The van der Waals surface area contributed by atoms with E-state index in [9.17, 15) is 19.2 Å².